The topological polar surface area (TPSA) is 85.8 Å². The Kier molecular flexibility index (Phi) is 7.02. The lowest BCUT2D eigenvalue weighted by molar-refractivity contribution is -0.266. The van der Waals surface area contributed by atoms with Crippen molar-refractivity contribution in [2.75, 3.05) is 19.7 Å². The van der Waals surface area contributed by atoms with E-state index >= 15 is 0 Å². The molecule has 200 valence electrons. The van der Waals surface area contributed by atoms with E-state index in [4.69, 9.17) is 4.74 Å². The van der Waals surface area contributed by atoms with Crippen molar-refractivity contribution in [3.63, 3.8) is 0 Å². The molecule has 2 atom stereocenters. The van der Waals surface area contributed by atoms with Crippen LogP contribution in [-0.2, 0) is 21.4 Å². The van der Waals surface area contributed by atoms with E-state index in [0.29, 0.717) is 30.6 Å². The van der Waals surface area contributed by atoms with Crippen molar-refractivity contribution in [3.8, 4) is 5.75 Å². The maximum absolute atomic E-state index is 14.2. The van der Waals surface area contributed by atoms with E-state index in [2.05, 4.69) is 4.98 Å². The molecular weight excluding hydrogens is 492 g/mol. The Labute approximate surface area is 211 Å². The van der Waals surface area contributed by atoms with Crippen LogP contribution in [0.5, 0.6) is 5.75 Å². The van der Waals surface area contributed by atoms with E-state index in [1.165, 1.54) is 20.8 Å². The van der Waals surface area contributed by atoms with Crippen LogP contribution in [0.1, 0.15) is 50.1 Å². The number of alkyl halides is 3. The van der Waals surface area contributed by atoms with Crippen molar-refractivity contribution in [2.24, 2.45) is 0 Å². The van der Waals surface area contributed by atoms with Crippen LogP contribution in [0.2, 0.25) is 0 Å². The Morgan fingerprint density at radius 1 is 1.16 bits per heavy atom. The largest absolute Gasteiger partial charge is 0.508 e. The first-order valence-corrected chi connectivity index (χ1v) is 12.0. The second-order valence-corrected chi connectivity index (χ2v) is 10.4. The molecule has 10 heteroatoms. The normalized spacial score (nSPS) is 18.7. The molecule has 37 heavy (non-hydrogen) atoms. The minimum atomic E-state index is -5.00. The number of morpholine rings is 1. The summed E-state index contributed by atoms with van der Waals surface area (Å²) in [6, 6.07) is 9.96. The SMILES string of the molecule is CC(=O)N1CCOC(c2ccc3cc(CC(O)(CC(C)(C)c4cc(F)ccc4O)C(F)(F)F)[nH]c3c2)C1. The Morgan fingerprint density at radius 2 is 1.89 bits per heavy atom. The molecule has 1 aliphatic rings. The van der Waals surface area contributed by atoms with Crippen LogP contribution in [0.25, 0.3) is 10.9 Å². The zero-order valence-corrected chi connectivity index (χ0v) is 20.8. The Balaban J connectivity index is 1.61. The molecule has 0 bridgehead atoms. The highest BCUT2D eigenvalue weighted by molar-refractivity contribution is 5.81. The number of phenolic OH excluding ortho intramolecular Hbond substituents is 1. The summed E-state index contributed by atoms with van der Waals surface area (Å²) in [5, 5.41) is 21.8. The van der Waals surface area contributed by atoms with E-state index in [-0.39, 0.29) is 29.0 Å². The molecule has 0 aliphatic carbocycles. The summed E-state index contributed by atoms with van der Waals surface area (Å²) >= 11 is 0. The van der Waals surface area contributed by atoms with Gasteiger partial charge in [-0.05, 0) is 53.1 Å². The quantitative estimate of drug-likeness (QED) is 0.392. The van der Waals surface area contributed by atoms with E-state index in [9.17, 15) is 32.6 Å². The van der Waals surface area contributed by atoms with Gasteiger partial charge >= 0.3 is 6.18 Å². The summed E-state index contributed by atoms with van der Waals surface area (Å²) in [4.78, 5) is 16.4. The fraction of sp³-hybridized carbons (Fsp3) is 0.444. The Hall–Kier alpha value is -3.11. The number of halogens is 4. The molecule has 1 aromatic heterocycles. The Bertz CT molecular complexity index is 1300. The minimum absolute atomic E-state index is 0.0245. The molecule has 0 radical (unpaired) electrons. The lowest BCUT2D eigenvalue weighted by atomic mass is 9.73. The number of aromatic hydroxyl groups is 1. The lowest BCUT2D eigenvalue weighted by Gasteiger charge is -2.38. The van der Waals surface area contributed by atoms with Crippen molar-refractivity contribution in [2.45, 2.75) is 56.9 Å². The molecular formula is C27H30F4N2O4. The monoisotopic (exact) mass is 522 g/mol. The van der Waals surface area contributed by atoms with Gasteiger partial charge in [0.25, 0.3) is 0 Å². The summed E-state index contributed by atoms with van der Waals surface area (Å²) in [6.45, 7) is 5.59. The van der Waals surface area contributed by atoms with Gasteiger partial charge in [0.05, 0.1) is 13.2 Å². The number of benzene rings is 2. The number of ether oxygens (including phenoxy) is 1. The van der Waals surface area contributed by atoms with E-state index < -0.39 is 35.9 Å². The third-order valence-electron chi connectivity index (χ3n) is 7.02. The third kappa shape index (κ3) is 5.60. The van der Waals surface area contributed by atoms with Crippen molar-refractivity contribution in [1.82, 2.24) is 9.88 Å². The average Bonchev–Trinajstić information content (AvgIpc) is 3.20. The highest BCUT2D eigenvalue weighted by Crippen LogP contribution is 2.45. The molecule has 0 saturated carbocycles. The molecule has 2 unspecified atom stereocenters. The van der Waals surface area contributed by atoms with Crippen LogP contribution in [0.3, 0.4) is 0 Å². The van der Waals surface area contributed by atoms with Crippen molar-refractivity contribution in [1.29, 1.82) is 0 Å². The first kappa shape index (κ1) is 26.9. The summed E-state index contributed by atoms with van der Waals surface area (Å²) < 4.78 is 62.3. The fourth-order valence-corrected chi connectivity index (χ4v) is 5.09. The van der Waals surface area contributed by atoms with Gasteiger partial charge in [0.15, 0.2) is 5.60 Å². The molecule has 2 aromatic carbocycles. The van der Waals surface area contributed by atoms with Crippen LogP contribution in [-0.4, -0.2) is 57.5 Å². The number of hydrogen-bond donors (Lipinski definition) is 3. The summed E-state index contributed by atoms with van der Waals surface area (Å²) in [7, 11) is 0. The number of nitrogens with one attached hydrogen (secondary N) is 1. The first-order chi connectivity index (χ1) is 17.2. The molecule has 6 nitrogen and oxygen atoms in total. The van der Waals surface area contributed by atoms with Crippen LogP contribution in [0.15, 0.2) is 42.5 Å². The smallest absolute Gasteiger partial charge is 0.417 e. The third-order valence-corrected chi connectivity index (χ3v) is 7.02. The zero-order chi connectivity index (χ0) is 27.2. The highest BCUT2D eigenvalue weighted by atomic mass is 19.4. The number of amides is 1. The molecule has 1 saturated heterocycles. The highest BCUT2D eigenvalue weighted by Gasteiger charge is 2.56. The standard InChI is InChI=1S/C27H30F4N2O4/c1-16(34)33-8-9-37-24(14-33)18-5-4-17-10-20(32-22(17)11-18)13-26(36,27(29,30)31)15-25(2,3)21-12-19(28)6-7-23(21)35/h4-7,10-12,24,32,35-36H,8-9,13-15H2,1-3H3. The Morgan fingerprint density at radius 3 is 2.57 bits per heavy atom. The van der Waals surface area contributed by atoms with Gasteiger partial charge in [0.2, 0.25) is 5.91 Å². The first-order valence-electron chi connectivity index (χ1n) is 12.0. The number of rotatable bonds is 6. The van der Waals surface area contributed by atoms with Crippen molar-refractivity contribution in [3.05, 3.63) is 65.1 Å². The molecule has 1 fully saturated rings. The molecule has 1 aliphatic heterocycles. The summed E-state index contributed by atoms with van der Waals surface area (Å²) in [6.07, 6.45) is -6.93. The number of hydrogen-bond acceptors (Lipinski definition) is 4. The van der Waals surface area contributed by atoms with Crippen molar-refractivity contribution >= 4 is 16.8 Å². The van der Waals surface area contributed by atoms with Gasteiger partial charge in [0, 0.05) is 36.7 Å². The number of aromatic nitrogens is 1. The second kappa shape index (κ2) is 9.64. The summed E-state index contributed by atoms with van der Waals surface area (Å²) in [5.74, 6) is -1.10. The maximum atomic E-state index is 14.2. The molecule has 0 spiro atoms. The van der Waals surface area contributed by atoms with Gasteiger partial charge in [-0.1, -0.05) is 26.0 Å². The number of H-pyrrole nitrogens is 1. The molecule has 2 heterocycles. The van der Waals surface area contributed by atoms with Crippen LogP contribution in [0.4, 0.5) is 17.6 Å². The number of phenols is 1. The van der Waals surface area contributed by atoms with Gasteiger partial charge in [-0.2, -0.15) is 13.2 Å². The number of aromatic amines is 1. The van der Waals surface area contributed by atoms with Crippen LogP contribution in [0, 0.1) is 5.82 Å². The summed E-state index contributed by atoms with van der Waals surface area (Å²) in [5.41, 5.74) is -3.07. The molecule has 3 aromatic rings. The second-order valence-electron chi connectivity index (χ2n) is 10.4. The fourth-order valence-electron chi connectivity index (χ4n) is 5.09. The van der Waals surface area contributed by atoms with Crippen LogP contribution >= 0.6 is 0 Å². The molecule has 3 N–H and O–H groups in total. The number of fused-ring (bicyclic) bond motifs is 1. The van der Waals surface area contributed by atoms with Gasteiger partial charge in [-0.25, -0.2) is 4.39 Å². The maximum Gasteiger partial charge on any atom is 0.417 e. The van der Waals surface area contributed by atoms with Crippen molar-refractivity contribution < 1.29 is 37.3 Å². The zero-order valence-electron chi connectivity index (χ0n) is 20.8. The van der Waals surface area contributed by atoms with Gasteiger partial charge in [0.1, 0.15) is 17.7 Å². The number of carbonyl (C=O) groups excluding carboxylic acids is 1. The molecule has 1 amide bonds. The van der Waals surface area contributed by atoms with Gasteiger partial charge in [-0.15, -0.1) is 0 Å². The predicted octanol–water partition coefficient (Wildman–Crippen LogP) is 5.14. The van der Waals surface area contributed by atoms with E-state index in [0.717, 1.165) is 23.8 Å². The predicted molar refractivity (Wildman–Crippen MR) is 130 cm³/mol. The number of aliphatic hydroxyl groups is 1. The molecule has 4 rings (SSSR count). The number of carbonyl (C=O) groups is 1. The average molecular weight is 523 g/mol. The minimum Gasteiger partial charge on any atom is -0.508 e. The van der Waals surface area contributed by atoms with Crippen LogP contribution < -0.4 is 0 Å². The van der Waals surface area contributed by atoms with E-state index in [1.807, 2.05) is 0 Å². The number of nitrogens with zero attached hydrogens (tertiary/aromatic N) is 1. The lowest BCUT2D eigenvalue weighted by Crippen LogP contribution is -2.50. The van der Waals surface area contributed by atoms with Gasteiger partial charge < -0.3 is 24.8 Å². The van der Waals surface area contributed by atoms with E-state index in [1.54, 1.807) is 29.2 Å². The van der Waals surface area contributed by atoms with Gasteiger partial charge in [-0.3, -0.25) is 4.79 Å².